The molecule has 0 saturated carbocycles. The van der Waals surface area contributed by atoms with Crippen LogP contribution in [0.2, 0.25) is 0 Å². The van der Waals surface area contributed by atoms with E-state index >= 15 is 0 Å². The molecule has 0 unspecified atom stereocenters. The van der Waals surface area contributed by atoms with Gasteiger partial charge in [0.25, 0.3) is 0 Å². The molecule has 0 spiro atoms. The van der Waals surface area contributed by atoms with Gasteiger partial charge in [0.15, 0.2) is 0 Å². The second-order valence-electron chi connectivity index (χ2n) is 4.67. The Balaban J connectivity index is 3.46. The summed E-state index contributed by atoms with van der Waals surface area (Å²) in [6.45, 7) is 4.89. The fourth-order valence-corrected chi connectivity index (χ4v) is 1.36. The Hall–Kier alpha value is -1.26. The lowest BCUT2D eigenvalue weighted by Crippen LogP contribution is -2.17. The van der Waals surface area contributed by atoms with E-state index in [0.717, 1.165) is 6.07 Å². The molecule has 0 aliphatic carbocycles. The molecule has 5 heteroatoms. The minimum absolute atomic E-state index is 0.0279. The Kier molecular flexibility index (Phi) is 2.92. The zero-order chi connectivity index (χ0) is 12.7. The SMILES string of the molecule is CC(C)(C)c1cc(C(F)(F)F)cc(N)c1F. The molecule has 1 aromatic rings. The molecular weight excluding hydrogens is 222 g/mol. The van der Waals surface area contributed by atoms with E-state index in [2.05, 4.69) is 0 Å². The van der Waals surface area contributed by atoms with Gasteiger partial charge in [0.05, 0.1) is 11.3 Å². The van der Waals surface area contributed by atoms with Crippen LogP contribution in [0, 0.1) is 5.82 Å². The van der Waals surface area contributed by atoms with Gasteiger partial charge in [0.2, 0.25) is 0 Å². The number of benzene rings is 1. The molecule has 0 fully saturated rings. The summed E-state index contributed by atoms with van der Waals surface area (Å²) in [6.07, 6.45) is -4.51. The van der Waals surface area contributed by atoms with Gasteiger partial charge in [-0.2, -0.15) is 13.2 Å². The highest BCUT2D eigenvalue weighted by molar-refractivity contribution is 5.49. The smallest absolute Gasteiger partial charge is 0.396 e. The summed E-state index contributed by atoms with van der Waals surface area (Å²) in [5.74, 6) is -0.777. The van der Waals surface area contributed by atoms with Crippen molar-refractivity contribution < 1.29 is 17.6 Å². The van der Waals surface area contributed by atoms with Crippen molar-refractivity contribution in [1.29, 1.82) is 0 Å². The zero-order valence-electron chi connectivity index (χ0n) is 9.24. The monoisotopic (exact) mass is 235 g/mol. The number of rotatable bonds is 0. The predicted molar refractivity (Wildman–Crippen MR) is 54.5 cm³/mol. The third-order valence-corrected chi connectivity index (χ3v) is 2.24. The number of anilines is 1. The summed E-state index contributed by atoms with van der Waals surface area (Å²) in [5, 5.41) is 0. The predicted octanol–water partition coefficient (Wildman–Crippen LogP) is 3.72. The lowest BCUT2D eigenvalue weighted by Gasteiger charge is -2.22. The first-order chi connectivity index (χ1) is 7.03. The summed E-state index contributed by atoms with van der Waals surface area (Å²) in [7, 11) is 0. The third kappa shape index (κ3) is 2.46. The van der Waals surface area contributed by atoms with E-state index in [1.165, 1.54) is 0 Å². The van der Waals surface area contributed by atoms with Crippen molar-refractivity contribution in [3.63, 3.8) is 0 Å². The molecule has 16 heavy (non-hydrogen) atoms. The minimum atomic E-state index is -4.51. The van der Waals surface area contributed by atoms with Crippen LogP contribution in [0.3, 0.4) is 0 Å². The fraction of sp³-hybridized carbons (Fsp3) is 0.455. The van der Waals surface area contributed by atoms with Crippen molar-refractivity contribution in [2.45, 2.75) is 32.4 Å². The summed E-state index contributed by atoms with van der Waals surface area (Å²) >= 11 is 0. The van der Waals surface area contributed by atoms with Crippen molar-refractivity contribution in [2.75, 3.05) is 5.73 Å². The van der Waals surface area contributed by atoms with Crippen LogP contribution in [0.1, 0.15) is 31.9 Å². The number of hydrogen-bond donors (Lipinski definition) is 1. The molecule has 0 atom stereocenters. The molecule has 0 aromatic heterocycles. The van der Waals surface area contributed by atoms with Crippen LogP contribution in [0.4, 0.5) is 23.2 Å². The van der Waals surface area contributed by atoms with Crippen molar-refractivity contribution >= 4 is 5.69 Å². The van der Waals surface area contributed by atoms with Crippen LogP contribution >= 0.6 is 0 Å². The number of halogens is 4. The summed E-state index contributed by atoms with van der Waals surface area (Å²) in [5.41, 5.74) is 3.10. The van der Waals surface area contributed by atoms with E-state index in [0.29, 0.717) is 6.07 Å². The Labute approximate surface area is 91.3 Å². The van der Waals surface area contributed by atoms with Crippen LogP contribution < -0.4 is 5.73 Å². The van der Waals surface area contributed by atoms with Crippen molar-refractivity contribution in [2.24, 2.45) is 0 Å². The van der Waals surface area contributed by atoms with Gasteiger partial charge in [-0.3, -0.25) is 0 Å². The molecule has 0 saturated heterocycles. The average Bonchev–Trinajstić information content (AvgIpc) is 2.05. The van der Waals surface area contributed by atoms with E-state index < -0.39 is 28.7 Å². The van der Waals surface area contributed by atoms with Crippen LogP contribution in [-0.4, -0.2) is 0 Å². The Bertz CT molecular complexity index is 402. The maximum absolute atomic E-state index is 13.6. The standard InChI is InChI=1S/C11H13F4N/c1-10(2,3)7-4-6(11(13,14)15)5-8(16)9(7)12/h4-5H,16H2,1-3H3. The summed E-state index contributed by atoms with van der Waals surface area (Å²) in [4.78, 5) is 0. The molecule has 0 aliphatic heterocycles. The summed E-state index contributed by atoms with van der Waals surface area (Å²) < 4.78 is 51.0. The zero-order valence-corrected chi connectivity index (χ0v) is 9.24. The fourth-order valence-electron chi connectivity index (χ4n) is 1.36. The maximum atomic E-state index is 13.6. The lowest BCUT2D eigenvalue weighted by molar-refractivity contribution is -0.137. The van der Waals surface area contributed by atoms with E-state index in [9.17, 15) is 17.6 Å². The Morgan fingerprint density at radius 2 is 1.56 bits per heavy atom. The third-order valence-electron chi connectivity index (χ3n) is 2.24. The van der Waals surface area contributed by atoms with Crippen LogP contribution in [0.25, 0.3) is 0 Å². The van der Waals surface area contributed by atoms with Gasteiger partial charge in [-0.15, -0.1) is 0 Å². The first-order valence-corrected chi connectivity index (χ1v) is 4.70. The molecule has 1 rings (SSSR count). The molecule has 1 aromatic carbocycles. The van der Waals surface area contributed by atoms with E-state index in [1.807, 2.05) is 0 Å². The van der Waals surface area contributed by atoms with E-state index in [4.69, 9.17) is 5.73 Å². The first kappa shape index (κ1) is 12.8. The molecule has 0 radical (unpaired) electrons. The summed E-state index contributed by atoms with van der Waals surface area (Å²) in [6, 6.07) is 1.43. The average molecular weight is 235 g/mol. The molecular formula is C11H13F4N. The highest BCUT2D eigenvalue weighted by Crippen LogP contribution is 2.36. The normalized spacial score (nSPS) is 12.9. The largest absolute Gasteiger partial charge is 0.416 e. The quantitative estimate of drug-likeness (QED) is 0.538. The molecule has 2 N–H and O–H groups in total. The van der Waals surface area contributed by atoms with Gasteiger partial charge in [-0.05, 0) is 23.1 Å². The first-order valence-electron chi connectivity index (χ1n) is 4.70. The number of alkyl halides is 3. The minimum Gasteiger partial charge on any atom is -0.396 e. The second-order valence-corrected chi connectivity index (χ2v) is 4.67. The number of nitrogens with two attached hydrogens (primary N) is 1. The van der Waals surface area contributed by atoms with Gasteiger partial charge in [0, 0.05) is 0 Å². The van der Waals surface area contributed by atoms with Crippen LogP contribution in [0.15, 0.2) is 12.1 Å². The van der Waals surface area contributed by atoms with Gasteiger partial charge >= 0.3 is 6.18 Å². The van der Waals surface area contributed by atoms with Gasteiger partial charge in [-0.1, -0.05) is 20.8 Å². The lowest BCUT2D eigenvalue weighted by atomic mass is 9.85. The van der Waals surface area contributed by atoms with Gasteiger partial charge in [-0.25, -0.2) is 4.39 Å². The van der Waals surface area contributed by atoms with Crippen molar-refractivity contribution in [1.82, 2.24) is 0 Å². The topological polar surface area (TPSA) is 26.0 Å². The van der Waals surface area contributed by atoms with Crippen LogP contribution in [-0.2, 0) is 11.6 Å². The molecule has 0 heterocycles. The number of hydrogen-bond acceptors (Lipinski definition) is 1. The number of nitrogen functional groups attached to an aromatic ring is 1. The van der Waals surface area contributed by atoms with Crippen molar-refractivity contribution in [3.05, 3.63) is 29.1 Å². The van der Waals surface area contributed by atoms with Crippen molar-refractivity contribution in [3.8, 4) is 0 Å². The van der Waals surface area contributed by atoms with Gasteiger partial charge in [0.1, 0.15) is 5.82 Å². The molecule has 0 amide bonds. The van der Waals surface area contributed by atoms with E-state index in [-0.39, 0.29) is 5.56 Å². The maximum Gasteiger partial charge on any atom is 0.416 e. The molecule has 90 valence electrons. The Morgan fingerprint density at radius 1 is 1.06 bits per heavy atom. The van der Waals surface area contributed by atoms with Gasteiger partial charge < -0.3 is 5.73 Å². The Morgan fingerprint density at radius 3 is 1.94 bits per heavy atom. The molecule has 0 aliphatic rings. The van der Waals surface area contributed by atoms with Crippen LogP contribution in [0.5, 0.6) is 0 Å². The highest BCUT2D eigenvalue weighted by atomic mass is 19.4. The van der Waals surface area contributed by atoms with E-state index in [1.54, 1.807) is 20.8 Å². The second kappa shape index (κ2) is 3.64. The molecule has 1 nitrogen and oxygen atoms in total. The molecule has 0 bridgehead atoms. The highest BCUT2D eigenvalue weighted by Gasteiger charge is 2.33.